The lowest BCUT2D eigenvalue weighted by Crippen LogP contribution is -2.40. The van der Waals surface area contributed by atoms with E-state index in [-0.39, 0.29) is 23.6 Å². The van der Waals surface area contributed by atoms with E-state index in [1.54, 1.807) is 49.6 Å². The number of nitrogens with one attached hydrogen (secondary N) is 2. The molecule has 1 amide bonds. The molecule has 2 N–H and O–H groups in total. The molecule has 0 aliphatic heterocycles. The number of carbonyl (C=O) groups is 1. The highest BCUT2D eigenvalue weighted by molar-refractivity contribution is 5.94. The standard InChI is InChI=1S/C22H23F3N4O2/c1-31-17-11-5-14(6-12-17)21(30)27-16-9-7-15(8-10-16)26-19-3-2-4-20-28-18(13-29(19)20)22(23,24)25/h2-6,11-13,15-16,26H,7-10H2,1H3,(H,27,30)/t15-,16+. The molecular weight excluding hydrogens is 409 g/mol. The van der Waals surface area contributed by atoms with Crippen LogP contribution in [0.2, 0.25) is 0 Å². The SMILES string of the molecule is COc1ccc(C(=O)N[C@H]2CC[C@@H](Nc3cccc4nc(C(F)(F)F)cn34)CC2)cc1. The maximum absolute atomic E-state index is 13.0. The van der Waals surface area contributed by atoms with Gasteiger partial charge in [0, 0.05) is 23.8 Å². The van der Waals surface area contributed by atoms with Gasteiger partial charge in [0.2, 0.25) is 0 Å². The summed E-state index contributed by atoms with van der Waals surface area (Å²) in [5.41, 5.74) is -0.0854. The topological polar surface area (TPSA) is 67.7 Å². The Hall–Kier alpha value is -3.23. The summed E-state index contributed by atoms with van der Waals surface area (Å²) in [5.74, 6) is 1.14. The number of nitrogens with zero attached hydrogens (tertiary/aromatic N) is 2. The second-order valence-corrected chi connectivity index (χ2v) is 7.66. The van der Waals surface area contributed by atoms with Crippen LogP contribution < -0.4 is 15.4 Å². The summed E-state index contributed by atoms with van der Waals surface area (Å²) in [6, 6.07) is 12.1. The number of rotatable bonds is 5. The summed E-state index contributed by atoms with van der Waals surface area (Å²) in [6.45, 7) is 0. The normalized spacial score (nSPS) is 19.2. The minimum absolute atomic E-state index is 0.0634. The lowest BCUT2D eigenvalue weighted by atomic mass is 9.91. The number of benzene rings is 1. The van der Waals surface area contributed by atoms with Gasteiger partial charge in [-0.15, -0.1) is 0 Å². The minimum atomic E-state index is -4.48. The first-order valence-electron chi connectivity index (χ1n) is 10.1. The molecule has 0 spiro atoms. The molecule has 1 aromatic carbocycles. The van der Waals surface area contributed by atoms with E-state index in [0.717, 1.165) is 31.9 Å². The van der Waals surface area contributed by atoms with Crippen LogP contribution in [0, 0.1) is 0 Å². The van der Waals surface area contributed by atoms with Crippen molar-refractivity contribution in [2.75, 3.05) is 12.4 Å². The first kappa shape index (κ1) is 21.0. The van der Waals surface area contributed by atoms with Crippen molar-refractivity contribution in [1.82, 2.24) is 14.7 Å². The number of hydrogen-bond donors (Lipinski definition) is 2. The van der Waals surface area contributed by atoms with Gasteiger partial charge in [-0.2, -0.15) is 13.2 Å². The van der Waals surface area contributed by atoms with Gasteiger partial charge in [-0.3, -0.25) is 9.20 Å². The third-order valence-corrected chi connectivity index (χ3v) is 5.55. The number of imidazole rings is 1. The maximum Gasteiger partial charge on any atom is 0.434 e. The van der Waals surface area contributed by atoms with Crippen molar-refractivity contribution < 1.29 is 22.7 Å². The van der Waals surface area contributed by atoms with E-state index < -0.39 is 11.9 Å². The minimum Gasteiger partial charge on any atom is -0.497 e. The Morgan fingerprint density at radius 3 is 2.39 bits per heavy atom. The molecule has 0 atom stereocenters. The zero-order valence-corrected chi connectivity index (χ0v) is 16.9. The Morgan fingerprint density at radius 1 is 1.06 bits per heavy atom. The predicted octanol–water partition coefficient (Wildman–Crippen LogP) is 4.51. The van der Waals surface area contributed by atoms with Crippen molar-refractivity contribution in [2.45, 2.75) is 43.9 Å². The van der Waals surface area contributed by atoms with Crippen molar-refractivity contribution in [3.05, 3.63) is 59.9 Å². The number of ether oxygens (including phenoxy) is 1. The number of aromatic nitrogens is 2. The molecule has 0 unspecified atom stereocenters. The molecule has 2 aromatic heterocycles. The molecule has 2 heterocycles. The molecule has 1 fully saturated rings. The van der Waals surface area contributed by atoms with Crippen LogP contribution >= 0.6 is 0 Å². The van der Waals surface area contributed by atoms with Crippen molar-refractivity contribution >= 4 is 17.4 Å². The van der Waals surface area contributed by atoms with Crippen molar-refractivity contribution in [2.24, 2.45) is 0 Å². The second kappa shape index (κ2) is 8.49. The second-order valence-electron chi connectivity index (χ2n) is 7.66. The average Bonchev–Trinajstić information content (AvgIpc) is 3.21. The number of fused-ring (bicyclic) bond motifs is 1. The molecule has 0 bridgehead atoms. The first-order valence-corrected chi connectivity index (χ1v) is 10.1. The Morgan fingerprint density at radius 2 is 1.74 bits per heavy atom. The van der Waals surface area contributed by atoms with Crippen LogP contribution in [0.3, 0.4) is 0 Å². The van der Waals surface area contributed by atoms with Crippen LogP contribution in [-0.2, 0) is 6.18 Å². The number of methoxy groups -OCH3 is 1. The molecule has 31 heavy (non-hydrogen) atoms. The number of alkyl halides is 3. The number of carbonyl (C=O) groups excluding carboxylic acids is 1. The summed E-state index contributed by atoms with van der Waals surface area (Å²) < 4.78 is 45.5. The molecule has 6 nitrogen and oxygen atoms in total. The molecule has 3 aromatic rings. The fraction of sp³-hybridized carbons (Fsp3) is 0.364. The van der Waals surface area contributed by atoms with Gasteiger partial charge in [0.25, 0.3) is 5.91 Å². The van der Waals surface area contributed by atoms with Crippen molar-refractivity contribution in [3.8, 4) is 5.75 Å². The lowest BCUT2D eigenvalue weighted by molar-refractivity contribution is -0.140. The summed E-state index contributed by atoms with van der Waals surface area (Å²) in [5, 5.41) is 6.39. The molecule has 9 heteroatoms. The number of pyridine rings is 1. The van der Waals surface area contributed by atoms with Crippen LogP contribution in [0.5, 0.6) is 5.75 Å². The fourth-order valence-electron chi connectivity index (χ4n) is 3.87. The van der Waals surface area contributed by atoms with Crippen LogP contribution in [0.15, 0.2) is 48.7 Å². The quantitative estimate of drug-likeness (QED) is 0.622. The van der Waals surface area contributed by atoms with Gasteiger partial charge in [0.1, 0.15) is 17.2 Å². The van der Waals surface area contributed by atoms with E-state index in [9.17, 15) is 18.0 Å². The zero-order valence-electron chi connectivity index (χ0n) is 16.9. The Balaban J connectivity index is 1.35. The molecule has 0 saturated heterocycles. The highest BCUT2D eigenvalue weighted by Gasteiger charge is 2.34. The van der Waals surface area contributed by atoms with Crippen molar-refractivity contribution in [3.63, 3.8) is 0 Å². The monoisotopic (exact) mass is 432 g/mol. The molecular formula is C22H23F3N4O2. The van der Waals surface area contributed by atoms with E-state index in [2.05, 4.69) is 15.6 Å². The van der Waals surface area contributed by atoms with E-state index in [4.69, 9.17) is 4.74 Å². The Kier molecular flexibility index (Phi) is 5.75. The van der Waals surface area contributed by atoms with Gasteiger partial charge in [-0.25, -0.2) is 4.98 Å². The number of hydrogen-bond acceptors (Lipinski definition) is 4. The summed E-state index contributed by atoms with van der Waals surface area (Å²) in [6.07, 6.45) is -0.308. The van der Waals surface area contributed by atoms with E-state index in [1.807, 2.05) is 0 Å². The number of amides is 1. The predicted molar refractivity (Wildman–Crippen MR) is 110 cm³/mol. The van der Waals surface area contributed by atoms with Gasteiger partial charge >= 0.3 is 6.18 Å². The number of halogens is 3. The maximum atomic E-state index is 13.0. The van der Waals surface area contributed by atoms with Crippen molar-refractivity contribution in [1.29, 1.82) is 0 Å². The van der Waals surface area contributed by atoms with E-state index in [0.29, 0.717) is 17.1 Å². The van der Waals surface area contributed by atoms with Crippen LogP contribution in [0.4, 0.5) is 19.0 Å². The van der Waals surface area contributed by atoms with E-state index >= 15 is 0 Å². The first-order chi connectivity index (χ1) is 14.8. The summed E-state index contributed by atoms with van der Waals surface area (Å²) >= 11 is 0. The highest BCUT2D eigenvalue weighted by atomic mass is 19.4. The summed E-state index contributed by atoms with van der Waals surface area (Å²) in [4.78, 5) is 16.1. The summed E-state index contributed by atoms with van der Waals surface area (Å²) in [7, 11) is 1.57. The van der Waals surface area contributed by atoms with Gasteiger partial charge in [0.15, 0.2) is 5.69 Å². The molecule has 4 rings (SSSR count). The molecule has 1 aliphatic rings. The highest BCUT2D eigenvalue weighted by Crippen LogP contribution is 2.30. The molecule has 1 saturated carbocycles. The van der Waals surface area contributed by atoms with Crippen LogP contribution in [-0.4, -0.2) is 34.5 Å². The number of anilines is 1. The third-order valence-electron chi connectivity index (χ3n) is 5.55. The lowest BCUT2D eigenvalue weighted by Gasteiger charge is -2.30. The Bertz CT molecular complexity index is 1050. The molecule has 1 aliphatic carbocycles. The van der Waals surface area contributed by atoms with Crippen LogP contribution in [0.1, 0.15) is 41.7 Å². The van der Waals surface area contributed by atoms with Gasteiger partial charge in [-0.1, -0.05) is 6.07 Å². The van der Waals surface area contributed by atoms with E-state index in [1.165, 1.54) is 4.40 Å². The zero-order chi connectivity index (χ0) is 22.0. The van der Waals surface area contributed by atoms with Crippen LogP contribution in [0.25, 0.3) is 5.65 Å². The van der Waals surface area contributed by atoms with Gasteiger partial charge < -0.3 is 15.4 Å². The smallest absolute Gasteiger partial charge is 0.434 e. The largest absolute Gasteiger partial charge is 0.497 e. The fourth-order valence-corrected chi connectivity index (χ4v) is 3.87. The third kappa shape index (κ3) is 4.76. The molecule has 164 valence electrons. The average molecular weight is 432 g/mol. The van der Waals surface area contributed by atoms with Gasteiger partial charge in [0.05, 0.1) is 7.11 Å². The molecule has 0 radical (unpaired) electrons. The Labute approximate surface area is 177 Å². The van der Waals surface area contributed by atoms with Gasteiger partial charge in [-0.05, 0) is 62.1 Å².